The van der Waals surface area contributed by atoms with Gasteiger partial charge >= 0.3 is 12.0 Å². The summed E-state index contributed by atoms with van der Waals surface area (Å²) in [5.74, 6) is -1.19. The maximum atomic E-state index is 11.2. The molecule has 7 nitrogen and oxygen atoms in total. The minimum absolute atomic E-state index is 0.00524. The third kappa shape index (κ3) is 6.63. The lowest BCUT2D eigenvalue weighted by molar-refractivity contribution is -0.137. The summed E-state index contributed by atoms with van der Waals surface area (Å²) in [6.07, 6.45) is 0.363. The highest BCUT2D eigenvalue weighted by atomic mass is 16.4. The van der Waals surface area contributed by atoms with Crippen molar-refractivity contribution in [1.29, 1.82) is 0 Å². The zero-order valence-electron chi connectivity index (χ0n) is 9.37. The Morgan fingerprint density at radius 1 is 1.31 bits per heavy atom. The zero-order chi connectivity index (χ0) is 12.6. The van der Waals surface area contributed by atoms with E-state index in [0.29, 0.717) is 6.42 Å². The molecule has 0 aliphatic heterocycles. The van der Waals surface area contributed by atoms with E-state index < -0.39 is 18.0 Å². The average molecular weight is 231 g/mol. The molecule has 0 saturated heterocycles. The van der Waals surface area contributed by atoms with E-state index in [-0.39, 0.29) is 18.9 Å². The number of amides is 3. The van der Waals surface area contributed by atoms with Crippen LogP contribution >= 0.6 is 0 Å². The molecule has 0 aliphatic carbocycles. The summed E-state index contributed by atoms with van der Waals surface area (Å²) in [5.41, 5.74) is 0. The molecule has 0 spiro atoms. The van der Waals surface area contributed by atoms with Gasteiger partial charge in [0, 0.05) is 20.0 Å². The Kier molecular flexibility index (Phi) is 6.66. The third-order valence-corrected chi connectivity index (χ3v) is 1.84. The number of aliphatic carboxylic acids is 1. The van der Waals surface area contributed by atoms with E-state index in [2.05, 4.69) is 16.0 Å². The minimum atomic E-state index is -0.902. The summed E-state index contributed by atoms with van der Waals surface area (Å²) in [5, 5.41) is 15.6. The first-order valence-corrected chi connectivity index (χ1v) is 4.95. The van der Waals surface area contributed by atoms with Crippen molar-refractivity contribution in [1.82, 2.24) is 16.0 Å². The number of carboxylic acids is 1. The molecule has 0 aromatic heterocycles. The summed E-state index contributed by atoms with van der Waals surface area (Å²) in [6.45, 7) is 1.81. The van der Waals surface area contributed by atoms with Gasteiger partial charge in [0.2, 0.25) is 5.91 Å². The van der Waals surface area contributed by atoms with E-state index in [0.717, 1.165) is 0 Å². The summed E-state index contributed by atoms with van der Waals surface area (Å²) in [6, 6.07) is -1.11. The van der Waals surface area contributed by atoms with Crippen LogP contribution in [0.15, 0.2) is 0 Å². The van der Waals surface area contributed by atoms with Gasteiger partial charge < -0.3 is 21.1 Å². The number of carbonyl (C=O) groups is 3. The lowest BCUT2D eigenvalue weighted by atomic mass is 10.3. The number of urea groups is 1. The second-order valence-electron chi connectivity index (χ2n) is 3.23. The van der Waals surface area contributed by atoms with Crippen LogP contribution in [0.4, 0.5) is 4.79 Å². The van der Waals surface area contributed by atoms with Gasteiger partial charge in [0.15, 0.2) is 0 Å². The van der Waals surface area contributed by atoms with E-state index >= 15 is 0 Å². The van der Waals surface area contributed by atoms with Gasteiger partial charge in [0.05, 0.1) is 0 Å². The maximum Gasteiger partial charge on any atom is 0.315 e. The summed E-state index contributed by atoms with van der Waals surface area (Å²) >= 11 is 0. The second-order valence-corrected chi connectivity index (χ2v) is 3.23. The minimum Gasteiger partial charge on any atom is -0.481 e. The summed E-state index contributed by atoms with van der Waals surface area (Å²) in [7, 11) is 1.48. The van der Waals surface area contributed by atoms with Gasteiger partial charge in [0.25, 0.3) is 0 Å². The molecular weight excluding hydrogens is 214 g/mol. The highest BCUT2D eigenvalue weighted by Crippen LogP contribution is 1.86. The first kappa shape index (κ1) is 14.2. The highest BCUT2D eigenvalue weighted by molar-refractivity contribution is 5.86. The van der Waals surface area contributed by atoms with Crippen LogP contribution in [-0.2, 0) is 9.59 Å². The average Bonchev–Trinajstić information content (AvgIpc) is 2.22. The standard InChI is InChI=1S/C9H17N3O4/c1-6(8(15)10-2)12-9(16)11-5-3-4-7(13)14/h6H,3-5H2,1-2H3,(H,10,15)(H,13,14)(H2,11,12,16). The van der Waals surface area contributed by atoms with Gasteiger partial charge in [0.1, 0.15) is 6.04 Å². The van der Waals surface area contributed by atoms with Crippen molar-refractivity contribution >= 4 is 17.9 Å². The molecule has 0 aromatic carbocycles. The van der Waals surface area contributed by atoms with Crippen molar-refractivity contribution in [3.8, 4) is 0 Å². The Morgan fingerprint density at radius 2 is 1.94 bits per heavy atom. The number of likely N-dealkylation sites (N-methyl/N-ethyl adjacent to an activating group) is 1. The number of rotatable bonds is 6. The number of hydrogen-bond donors (Lipinski definition) is 4. The topological polar surface area (TPSA) is 108 Å². The van der Waals surface area contributed by atoms with Crippen molar-refractivity contribution in [2.75, 3.05) is 13.6 Å². The SMILES string of the molecule is CNC(=O)C(C)NC(=O)NCCCC(=O)O. The number of hydrogen-bond acceptors (Lipinski definition) is 3. The van der Waals surface area contributed by atoms with Crippen molar-refractivity contribution < 1.29 is 19.5 Å². The van der Waals surface area contributed by atoms with Crippen molar-refractivity contribution in [2.24, 2.45) is 0 Å². The van der Waals surface area contributed by atoms with Crippen LogP contribution in [0.2, 0.25) is 0 Å². The maximum absolute atomic E-state index is 11.2. The van der Waals surface area contributed by atoms with Crippen LogP contribution in [0.1, 0.15) is 19.8 Å². The van der Waals surface area contributed by atoms with Crippen LogP contribution in [0.25, 0.3) is 0 Å². The summed E-state index contributed by atoms with van der Waals surface area (Å²) in [4.78, 5) is 32.4. The molecule has 0 heterocycles. The molecule has 0 fully saturated rings. The van der Waals surface area contributed by atoms with Crippen molar-refractivity contribution in [2.45, 2.75) is 25.8 Å². The predicted octanol–water partition coefficient (Wildman–Crippen LogP) is -0.715. The Bertz CT molecular complexity index is 267. The fraction of sp³-hybridized carbons (Fsp3) is 0.667. The first-order chi connectivity index (χ1) is 7.47. The fourth-order valence-electron chi connectivity index (χ4n) is 0.971. The van der Waals surface area contributed by atoms with Crippen LogP contribution < -0.4 is 16.0 Å². The van der Waals surface area contributed by atoms with E-state index in [1.165, 1.54) is 7.05 Å². The smallest absolute Gasteiger partial charge is 0.315 e. The van der Waals surface area contributed by atoms with Crippen LogP contribution in [0.3, 0.4) is 0 Å². The van der Waals surface area contributed by atoms with Gasteiger partial charge in [-0.1, -0.05) is 0 Å². The molecule has 92 valence electrons. The van der Waals surface area contributed by atoms with Crippen molar-refractivity contribution in [3.63, 3.8) is 0 Å². The lowest BCUT2D eigenvalue weighted by Gasteiger charge is -2.12. The lowest BCUT2D eigenvalue weighted by Crippen LogP contribution is -2.47. The number of carbonyl (C=O) groups excluding carboxylic acids is 2. The largest absolute Gasteiger partial charge is 0.481 e. The molecular formula is C9H17N3O4. The molecule has 0 aliphatic rings. The zero-order valence-corrected chi connectivity index (χ0v) is 9.37. The van der Waals surface area contributed by atoms with E-state index in [4.69, 9.17) is 5.11 Å². The third-order valence-electron chi connectivity index (χ3n) is 1.84. The van der Waals surface area contributed by atoms with E-state index in [1.807, 2.05) is 0 Å². The van der Waals surface area contributed by atoms with Crippen LogP contribution in [0.5, 0.6) is 0 Å². The number of nitrogens with one attached hydrogen (secondary N) is 3. The van der Waals surface area contributed by atoms with Gasteiger partial charge in [-0.25, -0.2) is 4.79 Å². The van der Waals surface area contributed by atoms with Gasteiger partial charge in [-0.3, -0.25) is 9.59 Å². The van der Waals surface area contributed by atoms with Gasteiger partial charge in [-0.05, 0) is 13.3 Å². The monoisotopic (exact) mass is 231 g/mol. The molecule has 0 radical (unpaired) electrons. The Balaban J connectivity index is 3.66. The predicted molar refractivity (Wildman–Crippen MR) is 56.9 cm³/mol. The Hall–Kier alpha value is -1.79. The quantitative estimate of drug-likeness (QED) is 0.453. The Labute approximate surface area is 93.6 Å². The molecule has 0 rings (SSSR count). The molecule has 0 bridgehead atoms. The molecule has 0 aromatic rings. The summed E-state index contributed by atoms with van der Waals surface area (Å²) < 4.78 is 0. The van der Waals surface area contributed by atoms with Crippen molar-refractivity contribution in [3.05, 3.63) is 0 Å². The first-order valence-electron chi connectivity index (χ1n) is 4.95. The van der Waals surface area contributed by atoms with E-state index in [9.17, 15) is 14.4 Å². The molecule has 1 atom stereocenters. The van der Waals surface area contributed by atoms with E-state index in [1.54, 1.807) is 6.92 Å². The molecule has 4 N–H and O–H groups in total. The molecule has 7 heteroatoms. The van der Waals surface area contributed by atoms with Crippen LogP contribution in [0, 0.1) is 0 Å². The normalized spacial score (nSPS) is 11.4. The molecule has 1 unspecified atom stereocenters. The Morgan fingerprint density at radius 3 is 2.44 bits per heavy atom. The molecule has 3 amide bonds. The highest BCUT2D eigenvalue weighted by Gasteiger charge is 2.12. The fourth-order valence-corrected chi connectivity index (χ4v) is 0.971. The second kappa shape index (κ2) is 7.49. The number of carboxylic acid groups (broad SMARTS) is 1. The van der Waals surface area contributed by atoms with Crippen LogP contribution in [-0.4, -0.2) is 42.6 Å². The molecule has 16 heavy (non-hydrogen) atoms. The van der Waals surface area contributed by atoms with Gasteiger partial charge in [-0.2, -0.15) is 0 Å². The molecule has 0 saturated carbocycles. The van der Waals surface area contributed by atoms with Gasteiger partial charge in [-0.15, -0.1) is 0 Å².